The lowest BCUT2D eigenvalue weighted by Gasteiger charge is -2.11. The number of tetrazole rings is 1. The van der Waals surface area contributed by atoms with Crippen molar-refractivity contribution in [3.63, 3.8) is 0 Å². The number of benzene rings is 1. The van der Waals surface area contributed by atoms with Crippen molar-refractivity contribution in [3.8, 4) is 5.69 Å². The third-order valence-electron chi connectivity index (χ3n) is 3.33. The minimum Gasteiger partial charge on any atom is -0.348 e. The SMILES string of the molecule is C[C@@H](Cn1cncn1)C(=O)NCc1nnnn1-c1ccccc1. The van der Waals surface area contributed by atoms with Crippen molar-refractivity contribution in [1.82, 2.24) is 40.3 Å². The van der Waals surface area contributed by atoms with E-state index in [2.05, 4.69) is 30.9 Å². The van der Waals surface area contributed by atoms with Crippen LogP contribution in [-0.2, 0) is 17.9 Å². The maximum atomic E-state index is 12.2. The summed E-state index contributed by atoms with van der Waals surface area (Å²) in [6.07, 6.45) is 3.03. The van der Waals surface area contributed by atoms with Crippen LogP contribution in [0, 0.1) is 5.92 Å². The van der Waals surface area contributed by atoms with Crippen LogP contribution in [0.3, 0.4) is 0 Å². The second-order valence-corrected chi connectivity index (χ2v) is 5.08. The molecule has 0 aliphatic rings. The first kappa shape index (κ1) is 14.8. The molecule has 0 aliphatic heterocycles. The molecule has 3 rings (SSSR count). The van der Waals surface area contributed by atoms with Gasteiger partial charge in [-0.15, -0.1) is 5.10 Å². The van der Waals surface area contributed by atoms with E-state index in [4.69, 9.17) is 0 Å². The number of nitrogens with one attached hydrogen (secondary N) is 1. The summed E-state index contributed by atoms with van der Waals surface area (Å²) in [6, 6.07) is 9.52. The van der Waals surface area contributed by atoms with Crippen LogP contribution in [0.15, 0.2) is 43.0 Å². The van der Waals surface area contributed by atoms with Crippen molar-refractivity contribution in [2.24, 2.45) is 5.92 Å². The van der Waals surface area contributed by atoms with Gasteiger partial charge in [-0.2, -0.15) is 9.78 Å². The van der Waals surface area contributed by atoms with Gasteiger partial charge in [-0.25, -0.2) is 4.98 Å². The highest BCUT2D eigenvalue weighted by Crippen LogP contribution is 2.07. The van der Waals surface area contributed by atoms with E-state index in [1.807, 2.05) is 37.3 Å². The summed E-state index contributed by atoms with van der Waals surface area (Å²) in [4.78, 5) is 16.0. The molecule has 0 unspecified atom stereocenters. The summed E-state index contributed by atoms with van der Waals surface area (Å²) < 4.78 is 3.22. The Labute approximate surface area is 132 Å². The van der Waals surface area contributed by atoms with E-state index in [1.165, 1.54) is 6.33 Å². The molecule has 9 heteroatoms. The minimum atomic E-state index is -0.238. The molecule has 0 saturated carbocycles. The number of amides is 1. The summed E-state index contributed by atoms with van der Waals surface area (Å²) in [7, 11) is 0. The zero-order valence-corrected chi connectivity index (χ0v) is 12.6. The number of carbonyl (C=O) groups is 1. The first-order valence-electron chi connectivity index (χ1n) is 7.17. The number of para-hydroxylation sites is 1. The molecular formula is C14H16N8O. The number of hydrogen-bond acceptors (Lipinski definition) is 6. The van der Waals surface area contributed by atoms with Gasteiger partial charge in [0, 0.05) is 0 Å². The largest absolute Gasteiger partial charge is 0.348 e. The van der Waals surface area contributed by atoms with E-state index in [0.717, 1.165) is 5.69 Å². The van der Waals surface area contributed by atoms with Crippen molar-refractivity contribution in [1.29, 1.82) is 0 Å². The Bertz CT molecular complexity index is 752. The fourth-order valence-corrected chi connectivity index (χ4v) is 2.12. The molecule has 9 nitrogen and oxygen atoms in total. The van der Waals surface area contributed by atoms with Gasteiger partial charge in [0.05, 0.1) is 24.7 Å². The Balaban J connectivity index is 1.60. The van der Waals surface area contributed by atoms with Crippen LogP contribution in [-0.4, -0.2) is 40.9 Å². The molecule has 0 saturated heterocycles. The standard InChI is InChI=1S/C14H16N8O/c1-11(8-21-10-15-9-17-21)14(23)16-7-13-18-19-20-22(13)12-5-3-2-4-6-12/h2-6,9-11H,7-8H2,1H3,(H,16,23)/t11-/m0/s1. The average molecular weight is 312 g/mol. The van der Waals surface area contributed by atoms with Gasteiger partial charge in [-0.05, 0) is 22.6 Å². The molecule has 0 spiro atoms. The van der Waals surface area contributed by atoms with Crippen LogP contribution in [0.4, 0.5) is 0 Å². The summed E-state index contributed by atoms with van der Waals surface area (Å²) >= 11 is 0. The zero-order chi connectivity index (χ0) is 16.1. The lowest BCUT2D eigenvalue weighted by molar-refractivity contribution is -0.125. The van der Waals surface area contributed by atoms with Crippen LogP contribution in [0.5, 0.6) is 0 Å². The summed E-state index contributed by atoms with van der Waals surface area (Å²) in [5.74, 6) is 0.235. The van der Waals surface area contributed by atoms with Crippen LogP contribution < -0.4 is 5.32 Å². The minimum absolute atomic E-state index is 0.0943. The van der Waals surface area contributed by atoms with E-state index in [-0.39, 0.29) is 18.4 Å². The van der Waals surface area contributed by atoms with E-state index in [1.54, 1.807) is 15.7 Å². The van der Waals surface area contributed by atoms with Crippen LogP contribution >= 0.6 is 0 Å². The first-order valence-corrected chi connectivity index (χ1v) is 7.17. The Morgan fingerprint density at radius 2 is 2.13 bits per heavy atom. The molecule has 3 aromatic rings. The molecule has 1 amide bonds. The molecule has 0 radical (unpaired) electrons. The Kier molecular flexibility index (Phi) is 4.37. The molecule has 1 aromatic carbocycles. The fourth-order valence-electron chi connectivity index (χ4n) is 2.12. The van der Waals surface area contributed by atoms with E-state index in [9.17, 15) is 4.79 Å². The molecular weight excluding hydrogens is 296 g/mol. The number of nitrogens with zero attached hydrogens (tertiary/aromatic N) is 7. The smallest absolute Gasteiger partial charge is 0.225 e. The summed E-state index contributed by atoms with van der Waals surface area (Å²) in [5.41, 5.74) is 0.845. The third-order valence-corrected chi connectivity index (χ3v) is 3.33. The van der Waals surface area contributed by atoms with Gasteiger partial charge in [0.25, 0.3) is 0 Å². The topological polar surface area (TPSA) is 103 Å². The molecule has 0 bridgehead atoms. The molecule has 1 atom stereocenters. The predicted molar refractivity (Wildman–Crippen MR) is 80.2 cm³/mol. The predicted octanol–water partition coefficient (Wildman–Crippen LogP) is 0.206. The van der Waals surface area contributed by atoms with Crippen molar-refractivity contribution >= 4 is 5.91 Å². The second-order valence-electron chi connectivity index (χ2n) is 5.08. The van der Waals surface area contributed by atoms with E-state index in [0.29, 0.717) is 12.4 Å². The van der Waals surface area contributed by atoms with Crippen molar-refractivity contribution in [2.45, 2.75) is 20.0 Å². The fraction of sp³-hybridized carbons (Fsp3) is 0.286. The lowest BCUT2D eigenvalue weighted by atomic mass is 10.1. The van der Waals surface area contributed by atoms with Gasteiger partial charge in [-0.3, -0.25) is 9.48 Å². The van der Waals surface area contributed by atoms with Gasteiger partial charge in [-0.1, -0.05) is 25.1 Å². The maximum absolute atomic E-state index is 12.2. The maximum Gasteiger partial charge on any atom is 0.225 e. The highest BCUT2D eigenvalue weighted by molar-refractivity contribution is 5.78. The van der Waals surface area contributed by atoms with Crippen molar-refractivity contribution in [2.75, 3.05) is 0 Å². The van der Waals surface area contributed by atoms with Crippen molar-refractivity contribution in [3.05, 3.63) is 48.8 Å². The number of hydrogen-bond donors (Lipinski definition) is 1. The van der Waals surface area contributed by atoms with Gasteiger partial charge < -0.3 is 5.32 Å². The van der Waals surface area contributed by atoms with E-state index >= 15 is 0 Å². The lowest BCUT2D eigenvalue weighted by Crippen LogP contribution is -2.32. The van der Waals surface area contributed by atoms with Gasteiger partial charge in [0.15, 0.2) is 5.82 Å². The normalized spacial score (nSPS) is 12.0. The van der Waals surface area contributed by atoms with Crippen LogP contribution in [0.2, 0.25) is 0 Å². The molecule has 118 valence electrons. The molecule has 0 aliphatic carbocycles. The Morgan fingerprint density at radius 3 is 2.87 bits per heavy atom. The second kappa shape index (κ2) is 6.77. The molecule has 23 heavy (non-hydrogen) atoms. The molecule has 0 fully saturated rings. The van der Waals surface area contributed by atoms with Crippen LogP contribution in [0.1, 0.15) is 12.7 Å². The quantitative estimate of drug-likeness (QED) is 0.697. The van der Waals surface area contributed by atoms with Gasteiger partial charge >= 0.3 is 0 Å². The molecule has 2 aromatic heterocycles. The summed E-state index contributed by atoms with van der Waals surface area (Å²) in [5, 5.41) is 18.4. The number of aromatic nitrogens is 7. The van der Waals surface area contributed by atoms with Crippen LogP contribution in [0.25, 0.3) is 5.69 Å². The van der Waals surface area contributed by atoms with Gasteiger partial charge in [0.2, 0.25) is 5.91 Å². The highest BCUT2D eigenvalue weighted by atomic mass is 16.1. The Hall–Kier alpha value is -3.10. The summed E-state index contributed by atoms with van der Waals surface area (Å²) in [6.45, 7) is 2.55. The first-order chi connectivity index (χ1) is 11.2. The zero-order valence-electron chi connectivity index (χ0n) is 12.6. The van der Waals surface area contributed by atoms with E-state index < -0.39 is 0 Å². The number of rotatable bonds is 6. The molecule has 1 N–H and O–H groups in total. The van der Waals surface area contributed by atoms with Gasteiger partial charge in [0.1, 0.15) is 12.7 Å². The monoisotopic (exact) mass is 312 g/mol. The third kappa shape index (κ3) is 3.57. The Morgan fingerprint density at radius 1 is 1.30 bits per heavy atom. The van der Waals surface area contributed by atoms with Crippen molar-refractivity contribution < 1.29 is 4.79 Å². The number of carbonyl (C=O) groups excluding carboxylic acids is 1. The molecule has 2 heterocycles. The highest BCUT2D eigenvalue weighted by Gasteiger charge is 2.15. The average Bonchev–Trinajstić information content (AvgIpc) is 3.24.